The predicted molar refractivity (Wildman–Crippen MR) is 106 cm³/mol. The van der Waals surface area contributed by atoms with Crippen molar-refractivity contribution in [2.45, 2.75) is 6.92 Å². The van der Waals surface area contributed by atoms with E-state index in [0.717, 1.165) is 11.3 Å². The Morgan fingerprint density at radius 1 is 1.26 bits per heavy atom. The summed E-state index contributed by atoms with van der Waals surface area (Å²) in [5.74, 6) is -0.388. The van der Waals surface area contributed by atoms with E-state index >= 15 is 0 Å². The highest BCUT2D eigenvalue weighted by Crippen LogP contribution is 2.33. The Labute approximate surface area is 161 Å². The number of likely N-dealkylation sites (N-methyl/N-ethyl adjacent to an activating group) is 1. The summed E-state index contributed by atoms with van der Waals surface area (Å²) < 4.78 is 5.42. The number of nitrogens with zero attached hydrogens (tertiary/aromatic N) is 2. The highest BCUT2D eigenvalue weighted by Gasteiger charge is 2.30. The first-order chi connectivity index (χ1) is 13.0. The zero-order chi connectivity index (χ0) is 19.4. The summed E-state index contributed by atoms with van der Waals surface area (Å²) in [6.45, 7) is 2.52. The van der Waals surface area contributed by atoms with Crippen molar-refractivity contribution in [2.75, 3.05) is 13.7 Å². The van der Waals surface area contributed by atoms with E-state index < -0.39 is 5.97 Å². The molecule has 0 bridgehead atoms. The van der Waals surface area contributed by atoms with Crippen molar-refractivity contribution >= 4 is 40.6 Å². The molecule has 2 aromatic rings. The number of benzene rings is 2. The Kier molecular flexibility index (Phi) is 5.61. The van der Waals surface area contributed by atoms with Crippen LogP contribution in [-0.2, 0) is 4.79 Å². The SMILES string of the molecule is CCOc1ccc(/C=C2\SC(=Nc3cccc(C(=O)O)c3)N(C)C2=O)cc1. The number of carboxylic acid groups (broad SMARTS) is 1. The van der Waals surface area contributed by atoms with Crippen molar-refractivity contribution in [3.63, 3.8) is 0 Å². The summed E-state index contributed by atoms with van der Waals surface area (Å²) in [6.07, 6.45) is 1.80. The Morgan fingerprint density at radius 3 is 2.67 bits per heavy atom. The van der Waals surface area contributed by atoms with Crippen LogP contribution in [0.1, 0.15) is 22.8 Å². The zero-order valence-corrected chi connectivity index (χ0v) is 15.7. The molecule has 0 saturated carbocycles. The van der Waals surface area contributed by atoms with E-state index in [4.69, 9.17) is 9.84 Å². The van der Waals surface area contributed by atoms with Gasteiger partial charge in [0, 0.05) is 7.05 Å². The molecule has 0 atom stereocenters. The molecular formula is C20H18N2O4S. The number of amides is 1. The second-order valence-corrected chi connectivity index (χ2v) is 6.74. The molecule has 1 amide bonds. The molecule has 0 spiro atoms. The molecule has 1 fully saturated rings. The zero-order valence-electron chi connectivity index (χ0n) is 14.9. The van der Waals surface area contributed by atoms with E-state index in [1.807, 2.05) is 31.2 Å². The lowest BCUT2D eigenvalue weighted by Crippen LogP contribution is -2.23. The average Bonchev–Trinajstić information content (AvgIpc) is 2.92. The number of carboxylic acids is 1. The van der Waals surface area contributed by atoms with Gasteiger partial charge in [-0.1, -0.05) is 18.2 Å². The summed E-state index contributed by atoms with van der Waals surface area (Å²) in [7, 11) is 1.65. The van der Waals surface area contributed by atoms with Crippen LogP contribution in [0.4, 0.5) is 5.69 Å². The number of hydrogen-bond acceptors (Lipinski definition) is 5. The maximum Gasteiger partial charge on any atom is 0.335 e. The van der Waals surface area contributed by atoms with Crippen LogP contribution in [0.3, 0.4) is 0 Å². The van der Waals surface area contributed by atoms with E-state index in [1.54, 1.807) is 25.3 Å². The molecule has 138 valence electrons. The van der Waals surface area contributed by atoms with Gasteiger partial charge in [0.25, 0.3) is 5.91 Å². The number of aliphatic imine (C=N–C) groups is 1. The molecule has 0 unspecified atom stereocenters. The molecule has 1 aliphatic heterocycles. The van der Waals surface area contributed by atoms with Crippen molar-refractivity contribution < 1.29 is 19.4 Å². The molecule has 1 aliphatic rings. The first-order valence-corrected chi connectivity index (χ1v) is 9.12. The number of rotatable bonds is 5. The maximum absolute atomic E-state index is 12.5. The van der Waals surface area contributed by atoms with Gasteiger partial charge in [-0.05, 0) is 60.7 Å². The predicted octanol–water partition coefficient (Wildman–Crippen LogP) is 4.02. The van der Waals surface area contributed by atoms with E-state index in [9.17, 15) is 9.59 Å². The standard InChI is InChI=1S/C20H18N2O4S/c1-3-26-16-9-7-13(8-10-16)11-17-18(23)22(2)20(27-17)21-15-6-4-5-14(12-15)19(24)25/h4-12H,3H2,1-2H3,(H,24,25)/b17-11-,21-20?. The third kappa shape index (κ3) is 4.38. The molecule has 27 heavy (non-hydrogen) atoms. The lowest BCUT2D eigenvalue weighted by molar-refractivity contribution is -0.121. The van der Waals surface area contributed by atoms with Gasteiger partial charge in [0.05, 0.1) is 22.8 Å². The van der Waals surface area contributed by atoms with E-state index in [1.165, 1.54) is 28.8 Å². The number of thioether (sulfide) groups is 1. The van der Waals surface area contributed by atoms with Gasteiger partial charge in [-0.15, -0.1) is 0 Å². The molecule has 0 aliphatic carbocycles. The average molecular weight is 382 g/mol. The molecule has 1 heterocycles. The van der Waals surface area contributed by atoms with E-state index in [2.05, 4.69) is 4.99 Å². The normalized spacial score (nSPS) is 17.0. The molecule has 2 aromatic carbocycles. The molecule has 3 rings (SSSR count). The van der Waals surface area contributed by atoms with Crippen LogP contribution in [0.25, 0.3) is 6.08 Å². The van der Waals surface area contributed by atoms with Gasteiger partial charge in [-0.2, -0.15) is 0 Å². The number of carbonyl (C=O) groups is 2. The lowest BCUT2D eigenvalue weighted by atomic mass is 10.2. The van der Waals surface area contributed by atoms with Crippen LogP contribution in [-0.4, -0.2) is 40.7 Å². The Bertz CT molecular complexity index is 935. The largest absolute Gasteiger partial charge is 0.494 e. The maximum atomic E-state index is 12.5. The third-order valence-electron chi connectivity index (χ3n) is 3.81. The minimum absolute atomic E-state index is 0.151. The minimum atomic E-state index is -1.02. The second-order valence-electron chi connectivity index (χ2n) is 5.73. The quantitative estimate of drug-likeness (QED) is 0.790. The van der Waals surface area contributed by atoms with Crippen molar-refractivity contribution in [3.8, 4) is 5.75 Å². The van der Waals surface area contributed by atoms with Gasteiger partial charge in [0.2, 0.25) is 0 Å². The van der Waals surface area contributed by atoms with Gasteiger partial charge >= 0.3 is 5.97 Å². The van der Waals surface area contributed by atoms with E-state index in [0.29, 0.717) is 22.4 Å². The molecule has 6 nitrogen and oxygen atoms in total. The van der Waals surface area contributed by atoms with Crippen LogP contribution in [0.5, 0.6) is 5.75 Å². The fourth-order valence-corrected chi connectivity index (χ4v) is 3.44. The summed E-state index contributed by atoms with van der Waals surface area (Å²) in [6, 6.07) is 13.8. The number of aromatic carboxylic acids is 1. The summed E-state index contributed by atoms with van der Waals surface area (Å²) >= 11 is 1.25. The van der Waals surface area contributed by atoms with Crippen molar-refractivity contribution in [3.05, 3.63) is 64.6 Å². The molecule has 0 radical (unpaired) electrons. The lowest BCUT2D eigenvalue weighted by Gasteiger charge is -2.07. The number of carbonyl (C=O) groups excluding carboxylic acids is 1. The van der Waals surface area contributed by atoms with Crippen LogP contribution in [0.15, 0.2) is 58.4 Å². The highest BCUT2D eigenvalue weighted by atomic mass is 32.2. The van der Waals surface area contributed by atoms with Crippen molar-refractivity contribution in [2.24, 2.45) is 4.99 Å². The van der Waals surface area contributed by atoms with Crippen molar-refractivity contribution in [1.29, 1.82) is 0 Å². The molecule has 7 heteroatoms. The Morgan fingerprint density at radius 2 is 2.00 bits per heavy atom. The van der Waals surface area contributed by atoms with Crippen LogP contribution >= 0.6 is 11.8 Å². The van der Waals surface area contributed by atoms with E-state index in [-0.39, 0.29) is 11.5 Å². The molecule has 0 aromatic heterocycles. The fourth-order valence-electron chi connectivity index (χ4n) is 2.45. The first-order valence-electron chi connectivity index (χ1n) is 8.30. The van der Waals surface area contributed by atoms with Gasteiger partial charge < -0.3 is 9.84 Å². The first kappa shape index (κ1) is 18.7. The van der Waals surface area contributed by atoms with Crippen LogP contribution in [0, 0.1) is 0 Å². The van der Waals surface area contributed by atoms with Gasteiger partial charge in [-0.3, -0.25) is 9.69 Å². The summed E-state index contributed by atoms with van der Waals surface area (Å²) in [5.41, 5.74) is 1.52. The van der Waals surface area contributed by atoms with Crippen LogP contribution in [0.2, 0.25) is 0 Å². The monoisotopic (exact) mass is 382 g/mol. The fraction of sp³-hybridized carbons (Fsp3) is 0.150. The van der Waals surface area contributed by atoms with Crippen molar-refractivity contribution in [1.82, 2.24) is 4.90 Å². The highest BCUT2D eigenvalue weighted by molar-refractivity contribution is 8.18. The van der Waals surface area contributed by atoms with Gasteiger partial charge in [-0.25, -0.2) is 9.79 Å². The molecule has 1 N–H and O–H groups in total. The third-order valence-corrected chi connectivity index (χ3v) is 4.87. The smallest absolute Gasteiger partial charge is 0.335 e. The van der Waals surface area contributed by atoms with Crippen LogP contribution < -0.4 is 4.74 Å². The number of amidine groups is 1. The minimum Gasteiger partial charge on any atom is -0.494 e. The number of ether oxygens (including phenoxy) is 1. The number of hydrogen-bond donors (Lipinski definition) is 1. The molecule has 1 saturated heterocycles. The molecular weight excluding hydrogens is 364 g/mol. The summed E-state index contributed by atoms with van der Waals surface area (Å²) in [5, 5.41) is 9.59. The van der Waals surface area contributed by atoms with Gasteiger partial charge in [0.15, 0.2) is 5.17 Å². The Balaban J connectivity index is 1.84. The summed E-state index contributed by atoms with van der Waals surface area (Å²) in [4.78, 5) is 30.0. The van der Waals surface area contributed by atoms with Gasteiger partial charge in [0.1, 0.15) is 5.75 Å². The Hall–Kier alpha value is -3.06. The second kappa shape index (κ2) is 8.09. The topological polar surface area (TPSA) is 79.2 Å².